The molecule has 0 bridgehead atoms. The van der Waals surface area contributed by atoms with Crippen molar-refractivity contribution < 1.29 is 9.18 Å². The van der Waals surface area contributed by atoms with E-state index in [1.165, 1.54) is 12.1 Å². The maximum atomic E-state index is 12.8. The van der Waals surface area contributed by atoms with Crippen molar-refractivity contribution in [3.63, 3.8) is 0 Å². The van der Waals surface area contributed by atoms with Crippen LogP contribution in [0.2, 0.25) is 0 Å². The molecule has 0 aliphatic carbocycles. The van der Waals surface area contributed by atoms with Gasteiger partial charge in [0.2, 0.25) is 0 Å². The van der Waals surface area contributed by atoms with Gasteiger partial charge in [0.25, 0.3) is 0 Å². The average Bonchev–Trinajstić information content (AvgIpc) is 2.30. The van der Waals surface area contributed by atoms with E-state index >= 15 is 0 Å². The SMILES string of the molecule is CCC1CC(=O)C(c2ccc(F)cc2)=C(C)N1. The van der Waals surface area contributed by atoms with Gasteiger partial charge in [-0.05, 0) is 31.0 Å². The molecule has 1 aliphatic heterocycles. The largest absolute Gasteiger partial charge is 0.385 e. The van der Waals surface area contributed by atoms with Gasteiger partial charge >= 0.3 is 0 Å². The summed E-state index contributed by atoms with van der Waals surface area (Å²) >= 11 is 0. The number of halogens is 1. The Kier molecular flexibility index (Phi) is 3.27. The lowest BCUT2D eigenvalue weighted by molar-refractivity contribution is -0.114. The Labute approximate surface area is 101 Å². The van der Waals surface area contributed by atoms with Gasteiger partial charge in [0.05, 0.1) is 0 Å². The van der Waals surface area contributed by atoms with Crippen molar-refractivity contribution in [3.05, 3.63) is 41.3 Å². The van der Waals surface area contributed by atoms with Crippen LogP contribution >= 0.6 is 0 Å². The molecule has 0 fully saturated rings. The smallest absolute Gasteiger partial charge is 0.167 e. The molecule has 0 amide bonds. The highest BCUT2D eigenvalue weighted by molar-refractivity contribution is 6.22. The van der Waals surface area contributed by atoms with E-state index in [1.807, 2.05) is 6.92 Å². The standard InChI is InChI=1S/C14H16FNO/c1-3-12-8-13(17)14(9(2)16-12)10-4-6-11(15)7-5-10/h4-7,12,16H,3,8H2,1-2H3. The van der Waals surface area contributed by atoms with E-state index in [-0.39, 0.29) is 17.6 Å². The Hall–Kier alpha value is -1.64. The van der Waals surface area contributed by atoms with Crippen molar-refractivity contribution in [1.82, 2.24) is 5.32 Å². The number of carbonyl (C=O) groups is 1. The molecule has 1 atom stereocenters. The van der Waals surface area contributed by atoms with Crippen LogP contribution in [-0.2, 0) is 4.79 Å². The minimum atomic E-state index is -0.283. The third-order valence-electron chi connectivity index (χ3n) is 3.13. The number of Topliss-reactive ketones (excluding diaryl/α,β-unsaturated/α-hetero) is 1. The summed E-state index contributed by atoms with van der Waals surface area (Å²) in [6.07, 6.45) is 1.44. The van der Waals surface area contributed by atoms with Gasteiger partial charge in [-0.3, -0.25) is 4.79 Å². The lowest BCUT2D eigenvalue weighted by Crippen LogP contribution is -2.35. The van der Waals surface area contributed by atoms with Gasteiger partial charge in [-0.1, -0.05) is 19.1 Å². The number of ketones is 1. The first kappa shape index (κ1) is 11.8. The molecule has 3 heteroatoms. The van der Waals surface area contributed by atoms with E-state index < -0.39 is 0 Å². The summed E-state index contributed by atoms with van der Waals surface area (Å²) in [6, 6.07) is 6.30. The van der Waals surface area contributed by atoms with E-state index in [1.54, 1.807) is 12.1 Å². The number of hydrogen-bond donors (Lipinski definition) is 1. The highest BCUT2D eigenvalue weighted by Crippen LogP contribution is 2.25. The summed E-state index contributed by atoms with van der Waals surface area (Å²) in [5, 5.41) is 3.32. The number of allylic oxidation sites excluding steroid dienone is 2. The van der Waals surface area contributed by atoms with Crippen LogP contribution in [0.1, 0.15) is 32.3 Å². The fraction of sp³-hybridized carbons (Fsp3) is 0.357. The molecular formula is C14H16FNO. The van der Waals surface area contributed by atoms with Gasteiger partial charge in [0.15, 0.2) is 5.78 Å². The lowest BCUT2D eigenvalue weighted by atomic mass is 9.91. The predicted molar refractivity (Wildman–Crippen MR) is 65.8 cm³/mol. The van der Waals surface area contributed by atoms with Gasteiger partial charge in [-0.15, -0.1) is 0 Å². The number of hydrogen-bond acceptors (Lipinski definition) is 2. The summed E-state index contributed by atoms with van der Waals surface area (Å²) in [5.74, 6) is -0.144. The Bertz CT molecular complexity index is 462. The van der Waals surface area contributed by atoms with E-state index in [9.17, 15) is 9.18 Å². The van der Waals surface area contributed by atoms with Crippen LogP contribution in [-0.4, -0.2) is 11.8 Å². The van der Waals surface area contributed by atoms with E-state index in [4.69, 9.17) is 0 Å². The third-order valence-corrected chi connectivity index (χ3v) is 3.13. The van der Waals surface area contributed by atoms with Crippen LogP contribution in [0.15, 0.2) is 30.0 Å². The van der Waals surface area contributed by atoms with Gasteiger partial charge < -0.3 is 5.32 Å². The molecule has 2 nitrogen and oxygen atoms in total. The Balaban J connectivity index is 2.37. The second-order valence-electron chi connectivity index (χ2n) is 4.38. The van der Waals surface area contributed by atoms with Crippen LogP contribution in [0.3, 0.4) is 0 Å². The minimum Gasteiger partial charge on any atom is -0.385 e. The Morgan fingerprint density at radius 3 is 2.53 bits per heavy atom. The minimum absolute atomic E-state index is 0.139. The molecule has 1 heterocycles. The molecule has 0 saturated carbocycles. The maximum absolute atomic E-state index is 12.8. The van der Waals surface area contributed by atoms with Crippen molar-refractivity contribution in [2.75, 3.05) is 0 Å². The Morgan fingerprint density at radius 2 is 2.00 bits per heavy atom. The quantitative estimate of drug-likeness (QED) is 0.851. The molecule has 1 aromatic rings. The molecule has 2 rings (SSSR count). The van der Waals surface area contributed by atoms with Crippen molar-refractivity contribution >= 4 is 11.4 Å². The molecule has 1 aliphatic rings. The summed E-state index contributed by atoms with van der Waals surface area (Å²) in [4.78, 5) is 12.1. The Morgan fingerprint density at radius 1 is 1.35 bits per heavy atom. The maximum Gasteiger partial charge on any atom is 0.167 e. The van der Waals surface area contributed by atoms with Crippen molar-refractivity contribution in [1.29, 1.82) is 0 Å². The fourth-order valence-electron chi connectivity index (χ4n) is 2.20. The summed E-state index contributed by atoms with van der Waals surface area (Å²) < 4.78 is 12.8. The van der Waals surface area contributed by atoms with Gasteiger partial charge in [0.1, 0.15) is 5.82 Å². The second-order valence-corrected chi connectivity index (χ2v) is 4.38. The predicted octanol–water partition coefficient (Wildman–Crippen LogP) is 2.90. The van der Waals surface area contributed by atoms with Gasteiger partial charge in [0, 0.05) is 23.7 Å². The highest BCUT2D eigenvalue weighted by Gasteiger charge is 2.24. The molecule has 1 N–H and O–H groups in total. The topological polar surface area (TPSA) is 29.1 Å². The molecule has 0 saturated heterocycles. The molecule has 90 valence electrons. The zero-order chi connectivity index (χ0) is 12.4. The first-order chi connectivity index (χ1) is 8.11. The normalized spacial score (nSPS) is 20.4. The monoisotopic (exact) mass is 233 g/mol. The number of nitrogens with one attached hydrogen (secondary N) is 1. The first-order valence-corrected chi connectivity index (χ1v) is 5.88. The number of benzene rings is 1. The van der Waals surface area contributed by atoms with Crippen LogP contribution in [0.5, 0.6) is 0 Å². The number of carbonyl (C=O) groups excluding carboxylic acids is 1. The molecular weight excluding hydrogens is 217 g/mol. The van der Waals surface area contributed by atoms with Crippen LogP contribution in [0, 0.1) is 5.82 Å². The average molecular weight is 233 g/mol. The van der Waals surface area contributed by atoms with Crippen LogP contribution < -0.4 is 5.32 Å². The van der Waals surface area contributed by atoms with Gasteiger partial charge in [-0.2, -0.15) is 0 Å². The molecule has 1 unspecified atom stereocenters. The lowest BCUT2D eigenvalue weighted by Gasteiger charge is -2.26. The van der Waals surface area contributed by atoms with Crippen molar-refractivity contribution in [2.24, 2.45) is 0 Å². The fourth-order valence-corrected chi connectivity index (χ4v) is 2.20. The van der Waals surface area contributed by atoms with Crippen molar-refractivity contribution in [2.45, 2.75) is 32.7 Å². The highest BCUT2D eigenvalue weighted by atomic mass is 19.1. The van der Waals surface area contributed by atoms with Crippen molar-refractivity contribution in [3.8, 4) is 0 Å². The van der Waals surface area contributed by atoms with E-state index in [2.05, 4.69) is 12.2 Å². The summed E-state index contributed by atoms with van der Waals surface area (Å²) in [5.41, 5.74) is 2.37. The van der Waals surface area contributed by atoms with E-state index in [0.717, 1.165) is 17.7 Å². The third kappa shape index (κ3) is 2.38. The van der Waals surface area contributed by atoms with Gasteiger partial charge in [-0.25, -0.2) is 4.39 Å². The number of rotatable bonds is 2. The van der Waals surface area contributed by atoms with Crippen LogP contribution in [0.4, 0.5) is 4.39 Å². The zero-order valence-corrected chi connectivity index (χ0v) is 10.1. The molecule has 0 radical (unpaired) electrons. The zero-order valence-electron chi connectivity index (χ0n) is 10.1. The molecule has 1 aromatic carbocycles. The molecule has 0 spiro atoms. The summed E-state index contributed by atoms with van der Waals surface area (Å²) in [7, 11) is 0. The second kappa shape index (κ2) is 4.70. The summed E-state index contributed by atoms with van der Waals surface area (Å²) in [6.45, 7) is 3.96. The van der Waals surface area contributed by atoms with Crippen LogP contribution in [0.25, 0.3) is 5.57 Å². The van der Waals surface area contributed by atoms with E-state index in [0.29, 0.717) is 12.0 Å². The molecule has 17 heavy (non-hydrogen) atoms. The first-order valence-electron chi connectivity index (χ1n) is 5.88. The molecule has 0 aromatic heterocycles.